The number of aromatic nitrogens is 3. The standard InChI is InChI=1S/C17H21N5O3S/c1-4-11-13(26-15(20-11)14-18-6-5-7-19-14)17(24)22-8-9-25-12(10-22)16(23)21(2)3/h5-7,12H,4,8-10H2,1-3H3. The summed E-state index contributed by atoms with van der Waals surface area (Å²) in [6, 6.07) is 1.74. The van der Waals surface area contributed by atoms with Crippen LogP contribution in [0.1, 0.15) is 22.3 Å². The molecule has 1 saturated heterocycles. The maximum atomic E-state index is 13.0. The van der Waals surface area contributed by atoms with E-state index in [9.17, 15) is 9.59 Å². The van der Waals surface area contributed by atoms with Gasteiger partial charge in [-0.1, -0.05) is 6.92 Å². The van der Waals surface area contributed by atoms with Gasteiger partial charge < -0.3 is 14.5 Å². The Morgan fingerprint density at radius 2 is 2.08 bits per heavy atom. The molecule has 26 heavy (non-hydrogen) atoms. The molecular formula is C17H21N5O3S. The summed E-state index contributed by atoms with van der Waals surface area (Å²) in [4.78, 5) is 41.9. The lowest BCUT2D eigenvalue weighted by atomic mass is 10.2. The molecule has 8 nitrogen and oxygen atoms in total. The van der Waals surface area contributed by atoms with Crippen LogP contribution in [0.5, 0.6) is 0 Å². The van der Waals surface area contributed by atoms with E-state index < -0.39 is 6.10 Å². The van der Waals surface area contributed by atoms with Crippen LogP contribution in [0.3, 0.4) is 0 Å². The highest BCUT2D eigenvalue weighted by Gasteiger charge is 2.32. The van der Waals surface area contributed by atoms with Crippen LogP contribution in [-0.4, -0.2) is 76.5 Å². The molecule has 0 spiro atoms. The summed E-state index contributed by atoms with van der Waals surface area (Å²) in [6.45, 7) is 2.99. The average Bonchev–Trinajstić information content (AvgIpc) is 3.12. The number of ether oxygens (including phenoxy) is 1. The monoisotopic (exact) mass is 375 g/mol. The zero-order valence-electron chi connectivity index (χ0n) is 15.0. The molecule has 0 saturated carbocycles. The lowest BCUT2D eigenvalue weighted by Gasteiger charge is -2.33. The van der Waals surface area contributed by atoms with Crippen molar-refractivity contribution in [1.29, 1.82) is 0 Å². The number of amides is 2. The number of carbonyl (C=O) groups excluding carboxylic acids is 2. The second kappa shape index (κ2) is 7.88. The fourth-order valence-electron chi connectivity index (χ4n) is 2.68. The van der Waals surface area contributed by atoms with E-state index in [4.69, 9.17) is 4.74 Å². The van der Waals surface area contributed by atoms with Gasteiger partial charge in [-0.05, 0) is 12.5 Å². The fraction of sp³-hybridized carbons (Fsp3) is 0.471. The van der Waals surface area contributed by atoms with Crippen LogP contribution >= 0.6 is 11.3 Å². The van der Waals surface area contributed by atoms with Gasteiger partial charge in [-0.2, -0.15) is 0 Å². The average molecular weight is 375 g/mol. The van der Waals surface area contributed by atoms with Gasteiger partial charge in [0, 0.05) is 33.0 Å². The fourth-order valence-corrected chi connectivity index (χ4v) is 3.75. The van der Waals surface area contributed by atoms with E-state index in [1.807, 2.05) is 6.92 Å². The van der Waals surface area contributed by atoms with Crippen molar-refractivity contribution in [3.8, 4) is 10.8 Å². The van der Waals surface area contributed by atoms with Gasteiger partial charge in [0.05, 0.1) is 18.8 Å². The van der Waals surface area contributed by atoms with Gasteiger partial charge in [-0.3, -0.25) is 9.59 Å². The van der Waals surface area contributed by atoms with Crippen LogP contribution in [0.25, 0.3) is 10.8 Å². The van der Waals surface area contributed by atoms with Gasteiger partial charge in [0.2, 0.25) is 0 Å². The number of likely N-dealkylation sites (N-methyl/N-ethyl adjacent to an activating group) is 1. The highest BCUT2D eigenvalue weighted by Crippen LogP contribution is 2.27. The van der Waals surface area contributed by atoms with E-state index in [0.29, 0.717) is 35.3 Å². The van der Waals surface area contributed by atoms with E-state index in [0.717, 1.165) is 5.69 Å². The largest absolute Gasteiger partial charge is 0.365 e. The summed E-state index contributed by atoms with van der Waals surface area (Å²) in [5.74, 6) is 0.246. The molecule has 138 valence electrons. The summed E-state index contributed by atoms with van der Waals surface area (Å²) >= 11 is 1.29. The molecule has 0 aliphatic carbocycles. The maximum absolute atomic E-state index is 13.0. The van der Waals surface area contributed by atoms with Gasteiger partial charge >= 0.3 is 0 Å². The molecule has 2 aromatic rings. The predicted molar refractivity (Wildman–Crippen MR) is 96.9 cm³/mol. The lowest BCUT2D eigenvalue weighted by molar-refractivity contribution is -0.145. The SMILES string of the molecule is CCc1nc(-c2ncccn2)sc1C(=O)N1CCOC(C(=O)N(C)C)C1. The number of morpholine rings is 1. The minimum Gasteiger partial charge on any atom is -0.365 e. The summed E-state index contributed by atoms with van der Waals surface area (Å²) in [5, 5.41) is 0.625. The van der Waals surface area contributed by atoms with Crippen molar-refractivity contribution in [2.75, 3.05) is 33.8 Å². The van der Waals surface area contributed by atoms with Crippen LogP contribution in [0.4, 0.5) is 0 Å². The van der Waals surface area contributed by atoms with E-state index in [1.54, 1.807) is 37.5 Å². The topological polar surface area (TPSA) is 88.5 Å². The molecule has 0 aromatic carbocycles. The third kappa shape index (κ3) is 3.73. The normalized spacial score (nSPS) is 17.2. The number of rotatable bonds is 4. The highest BCUT2D eigenvalue weighted by atomic mass is 32.1. The molecule has 1 aliphatic rings. The molecule has 0 bridgehead atoms. The highest BCUT2D eigenvalue weighted by molar-refractivity contribution is 7.17. The Morgan fingerprint density at radius 3 is 2.73 bits per heavy atom. The Kier molecular flexibility index (Phi) is 5.58. The van der Waals surface area contributed by atoms with Gasteiger partial charge in [-0.15, -0.1) is 11.3 Å². The van der Waals surface area contributed by atoms with Crippen LogP contribution in [0.15, 0.2) is 18.5 Å². The van der Waals surface area contributed by atoms with Crippen LogP contribution in [-0.2, 0) is 16.0 Å². The molecule has 9 heteroatoms. The minimum atomic E-state index is -0.627. The van der Waals surface area contributed by atoms with Crippen molar-refractivity contribution in [3.63, 3.8) is 0 Å². The molecule has 0 radical (unpaired) electrons. The van der Waals surface area contributed by atoms with E-state index in [-0.39, 0.29) is 18.4 Å². The van der Waals surface area contributed by atoms with Crippen molar-refractivity contribution < 1.29 is 14.3 Å². The smallest absolute Gasteiger partial charge is 0.266 e. The Bertz CT molecular complexity index is 793. The molecule has 1 aliphatic heterocycles. The van der Waals surface area contributed by atoms with E-state index >= 15 is 0 Å². The molecule has 0 N–H and O–H groups in total. The summed E-state index contributed by atoms with van der Waals surface area (Å²) in [7, 11) is 3.36. The third-order valence-corrected chi connectivity index (χ3v) is 5.13. The Labute approximate surface area is 155 Å². The van der Waals surface area contributed by atoms with Gasteiger partial charge in [0.1, 0.15) is 4.88 Å². The van der Waals surface area contributed by atoms with Crippen molar-refractivity contribution in [1.82, 2.24) is 24.8 Å². The Hall–Kier alpha value is -2.39. The van der Waals surface area contributed by atoms with Gasteiger partial charge in [0.15, 0.2) is 16.9 Å². The van der Waals surface area contributed by atoms with Gasteiger partial charge in [0.25, 0.3) is 11.8 Å². The van der Waals surface area contributed by atoms with E-state index in [2.05, 4.69) is 15.0 Å². The lowest BCUT2D eigenvalue weighted by Crippen LogP contribution is -2.51. The molecule has 1 fully saturated rings. The molecule has 2 amide bonds. The van der Waals surface area contributed by atoms with E-state index in [1.165, 1.54) is 16.2 Å². The molecule has 1 atom stereocenters. The van der Waals surface area contributed by atoms with Crippen molar-refractivity contribution in [3.05, 3.63) is 29.0 Å². The first-order valence-electron chi connectivity index (χ1n) is 8.40. The summed E-state index contributed by atoms with van der Waals surface area (Å²) < 4.78 is 5.53. The quantitative estimate of drug-likeness (QED) is 0.795. The zero-order valence-corrected chi connectivity index (χ0v) is 15.8. The number of hydrogen-bond donors (Lipinski definition) is 0. The zero-order chi connectivity index (χ0) is 18.7. The molecule has 3 rings (SSSR count). The number of carbonyl (C=O) groups is 2. The van der Waals surface area contributed by atoms with Crippen LogP contribution in [0.2, 0.25) is 0 Å². The molecule has 2 aromatic heterocycles. The second-order valence-corrected chi connectivity index (χ2v) is 7.06. The first-order chi connectivity index (χ1) is 12.5. The van der Waals surface area contributed by atoms with Crippen molar-refractivity contribution in [2.45, 2.75) is 19.4 Å². The summed E-state index contributed by atoms with van der Waals surface area (Å²) in [5.41, 5.74) is 0.726. The molecular weight excluding hydrogens is 354 g/mol. The first-order valence-corrected chi connectivity index (χ1v) is 9.22. The van der Waals surface area contributed by atoms with Crippen LogP contribution in [0, 0.1) is 0 Å². The predicted octanol–water partition coefficient (Wildman–Crippen LogP) is 1.09. The number of thiazole rings is 1. The Morgan fingerprint density at radius 1 is 1.35 bits per heavy atom. The van der Waals surface area contributed by atoms with Crippen molar-refractivity contribution >= 4 is 23.2 Å². The van der Waals surface area contributed by atoms with Crippen molar-refractivity contribution in [2.24, 2.45) is 0 Å². The first kappa shape index (κ1) is 18.4. The maximum Gasteiger partial charge on any atom is 0.266 e. The number of aryl methyl sites for hydroxylation is 1. The van der Waals surface area contributed by atoms with Crippen LogP contribution < -0.4 is 0 Å². The third-order valence-electron chi connectivity index (χ3n) is 4.05. The number of hydrogen-bond acceptors (Lipinski definition) is 7. The van der Waals surface area contributed by atoms with Gasteiger partial charge in [-0.25, -0.2) is 15.0 Å². The molecule has 1 unspecified atom stereocenters. The minimum absolute atomic E-state index is 0.124. The number of nitrogens with zero attached hydrogens (tertiary/aromatic N) is 5. The second-order valence-electron chi connectivity index (χ2n) is 6.06. The summed E-state index contributed by atoms with van der Waals surface area (Å²) in [6.07, 6.45) is 3.30. The molecule has 3 heterocycles. The Balaban J connectivity index is 1.83.